The fraction of sp³-hybridized carbons (Fsp3) is 0.429. The van der Waals surface area contributed by atoms with E-state index in [-0.39, 0.29) is 24.6 Å². The monoisotopic (exact) mass is 368 g/mol. The first-order valence-electron chi connectivity index (χ1n) is 9.54. The van der Waals surface area contributed by atoms with E-state index >= 15 is 0 Å². The van der Waals surface area contributed by atoms with Gasteiger partial charge in [0.1, 0.15) is 5.75 Å². The second-order valence-corrected chi connectivity index (χ2v) is 7.04. The predicted molar refractivity (Wildman–Crippen MR) is 102 cm³/mol. The Morgan fingerprint density at radius 1 is 1.07 bits per heavy atom. The standard InChI is InChI=1S/C21H24N2O4/c24-20(15-27-19-8-3-6-16-5-1-2-7-18(16)19)22-12-9-17(10-13-22)23-11-4-14-26-21(23)25/h1-3,5-8,17H,4,9-15H2. The van der Waals surface area contributed by atoms with Crippen molar-refractivity contribution in [2.75, 3.05) is 32.8 Å². The van der Waals surface area contributed by atoms with Crippen molar-refractivity contribution in [3.8, 4) is 5.75 Å². The van der Waals surface area contributed by atoms with Gasteiger partial charge in [-0.15, -0.1) is 0 Å². The van der Waals surface area contributed by atoms with Gasteiger partial charge in [-0.1, -0.05) is 36.4 Å². The van der Waals surface area contributed by atoms with Gasteiger partial charge in [0.15, 0.2) is 6.61 Å². The molecule has 6 heteroatoms. The van der Waals surface area contributed by atoms with Gasteiger partial charge in [-0.05, 0) is 30.7 Å². The third-order valence-corrected chi connectivity index (χ3v) is 5.36. The fourth-order valence-electron chi connectivity index (χ4n) is 3.88. The maximum Gasteiger partial charge on any atom is 0.410 e. The normalized spacial score (nSPS) is 18.4. The number of likely N-dealkylation sites (tertiary alicyclic amines) is 1. The van der Waals surface area contributed by atoms with E-state index in [0.717, 1.165) is 42.3 Å². The minimum atomic E-state index is -0.217. The number of hydrogen-bond acceptors (Lipinski definition) is 4. The Labute approximate surface area is 158 Å². The Bertz CT molecular complexity index is 825. The van der Waals surface area contributed by atoms with Crippen LogP contribution in [0.2, 0.25) is 0 Å². The van der Waals surface area contributed by atoms with E-state index in [4.69, 9.17) is 9.47 Å². The number of carbonyl (C=O) groups excluding carboxylic acids is 2. The minimum absolute atomic E-state index is 0.0115. The second kappa shape index (κ2) is 7.86. The maximum absolute atomic E-state index is 12.6. The van der Waals surface area contributed by atoms with Crippen LogP contribution in [0.5, 0.6) is 5.75 Å². The van der Waals surface area contributed by atoms with Gasteiger partial charge in [-0.25, -0.2) is 4.79 Å². The summed E-state index contributed by atoms with van der Waals surface area (Å²) in [5.74, 6) is 0.718. The number of carbonyl (C=O) groups is 2. The van der Waals surface area contributed by atoms with Crippen molar-refractivity contribution in [1.29, 1.82) is 0 Å². The molecule has 6 nitrogen and oxygen atoms in total. The summed E-state index contributed by atoms with van der Waals surface area (Å²) in [7, 11) is 0. The molecule has 2 amide bonds. The molecule has 0 aliphatic carbocycles. The van der Waals surface area contributed by atoms with E-state index in [1.807, 2.05) is 52.3 Å². The third-order valence-electron chi connectivity index (χ3n) is 5.36. The minimum Gasteiger partial charge on any atom is -0.483 e. The first kappa shape index (κ1) is 17.6. The molecule has 0 N–H and O–H groups in total. The van der Waals surface area contributed by atoms with E-state index in [9.17, 15) is 9.59 Å². The smallest absolute Gasteiger partial charge is 0.410 e. The summed E-state index contributed by atoms with van der Waals surface area (Å²) >= 11 is 0. The Balaban J connectivity index is 1.31. The highest BCUT2D eigenvalue weighted by atomic mass is 16.6. The van der Waals surface area contributed by atoms with Gasteiger partial charge in [-0.2, -0.15) is 0 Å². The zero-order chi connectivity index (χ0) is 18.6. The van der Waals surface area contributed by atoms with Crippen LogP contribution in [0.4, 0.5) is 4.79 Å². The molecule has 0 bridgehead atoms. The Hall–Kier alpha value is -2.76. The van der Waals surface area contributed by atoms with Crippen molar-refractivity contribution in [2.24, 2.45) is 0 Å². The van der Waals surface area contributed by atoms with Crippen LogP contribution in [0, 0.1) is 0 Å². The molecular formula is C21H24N2O4. The van der Waals surface area contributed by atoms with Crippen molar-refractivity contribution in [3.63, 3.8) is 0 Å². The summed E-state index contributed by atoms with van der Waals surface area (Å²) in [6.45, 7) is 2.59. The van der Waals surface area contributed by atoms with Crippen LogP contribution in [0.15, 0.2) is 42.5 Å². The molecule has 0 saturated carbocycles. The van der Waals surface area contributed by atoms with Crippen LogP contribution >= 0.6 is 0 Å². The van der Waals surface area contributed by atoms with Gasteiger partial charge in [0.05, 0.1) is 6.61 Å². The number of amides is 2. The van der Waals surface area contributed by atoms with Gasteiger partial charge in [0.25, 0.3) is 5.91 Å². The number of hydrogen-bond donors (Lipinski definition) is 0. The Morgan fingerprint density at radius 3 is 2.67 bits per heavy atom. The molecular weight excluding hydrogens is 344 g/mol. The SMILES string of the molecule is O=C(COc1cccc2ccccc12)N1CCC(N2CCCOC2=O)CC1. The number of fused-ring (bicyclic) bond motifs is 1. The average molecular weight is 368 g/mol. The summed E-state index contributed by atoms with van der Waals surface area (Å²) < 4.78 is 10.9. The van der Waals surface area contributed by atoms with Crippen molar-refractivity contribution in [2.45, 2.75) is 25.3 Å². The number of ether oxygens (including phenoxy) is 2. The highest BCUT2D eigenvalue weighted by molar-refractivity contribution is 5.88. The van der Waals surface area contributed by atoms with Crippen molar-refractivity contribution in [1.82, 2.24) is 9.80 Å². The number of rotatable bonds is 4. The number of benzene rings is 2. The lowest BCUT2D eigenvalue weighted by molar-refractivity contribution is -0.134. The molecule has 2 saturated heterocycles. The van der Waals surface area contributed by atoms with E-state index < -0.39 is 0 Å². The van der Waals surface area contributed by atoms with Crippen LogP contribution < -0.4 is 4.74 Å². The zero-order valence-corrected chi connectivity index (χ0v) is 15.3. The molecule has 27 heavy (non-hydrogen) atoms. The summed E-state index contributed by atoms with van der Waals surface area (Å²) in [5.41, 5.74) is 0. The summed E-state index contributed by atoms with van der Waals surface area (Å²) in [6, 6.07) is 14.0. The predicted octanol–water partition coefficient (Wildman–Crippen LogP) is 3.05. The zero-order valence-electron chi connectivity index (χ0n) is 15.3. The maximum atomic E-state index is 12.6. The molecule has 4 rings (SSSR count). The van der Waals surface area contributed by atoms with E-state index in [1.54, 1.807) is 0 Å². The Kier molecular flexibility index (Phi) is 5.14. The van der Waals surface area contributed by atoms with E-state index in [1.165, 1.54) is 0 Å². The first-order valence-corrected chi connectivity index (χ1v) is 9.54. The lowest BCUT2D eigenvalue weighted by atomic mass is 10.0. The highest BCUT2D eigenvalue weighted by Gasteiger charge is 2.31. The summed E-state index contributed by atoms with van der Waals surface area (Å²) in [6.07, 6.45) is 2.24. The lowest BCUT2D eigenvalue weighted by Crippen LogP contribution is -2.51. The fourth-order valence-corrected chi connectivity index (χ4v) is 3.88. The number of cyclic esters (lactones) is 1. The summed E-state index contributed by atoms with van der Waals surface area (Å²) in [4.78, 5) is 28.1. The van der Waals surface area contributed by atoms with Crippen molar-refractivity contribution >= 4 is 22.8 Å². The van der Waals surface area contributed by atoms with Gasteiger partial charge in [0.2, 0.25) is 0 Å². The molecule has 2 heterocycles. The third kappa shape index (κ3) is 3.84. The van der Waals surface area contributed by atoms with Crippen LogP contribution in [-0.4, -0.2) is 60.7 Å². The van der Waals surface area contributed by atoms with Crippen LogP contribution in [-0.2, 0) is 9.53 Å². The molecule has 2 aromatic rings. The molecule has 0 spiro atoms. The second-order valence-electron chi connectivity index (χ2n) is 7.04. The van der Waals surface area contributed by atoms with Crippen molar-refractivity contribution in [3.05, 3.63) is 42.5 Å². The van der Waals surface area contributed by atoms with Crippen LogP contribution in [0.3, 0.4) is 0 Å². The number of nitrogens with zero attached hydrogens (tertiary/aromatic N) is 2. The van der Waals surface area contributed by atoms with Gasteiger partial charge >= 0.3 is 6.09 Å². The van der Waals surface area contributed by atoms with E-state index in [0.29, 0.717) is 19.7 Å². The van der Waals surface area contributed by atoms with Crippen LogP contribution in [0.25, 0.3) is 10.8 Å². The molecule has 142 valence electrons. The largest absolute Gasteiger partial charge is 0.483 e. The molecule has 2 fully saturated rings. The molecule has 0 aromatic heterocycles. The molecule has 0 unspecified atom stereocenters. The molecule has 0 atom stereocenters. The quantitative estimate of drug-likeness (QED) is 0.832. The highest BCUT2D eigenvalue weighted by Crippen LogP contribution is 2.25. The summed E-state index contributed by atoms with van der Waals surface area (Å²) in [5, 5.41) is 2.10. The van der Waals surface area contributed by atoms with Gasteiger partial charge in [-0.3, -0.25) is 4.79 Å². The average Bonchev–Trinajstić information content (AvgIpc) is 2.72. The molecule has 0 radical (unpaired) electrons. The number of piperidine rings is 1. The van der Waals surface area contributed by atoms with Gasteiger partial charge < -0.3 is 19.3 Å². The van der Waals surface area contributed by atoms with Crippen molar-refractivity contribution < 1.29 is 19.1 Å². The Morgan fingerprint density at radius 2 is 1.85 bits per heavy atom. The van der Waals surface area contributed by atoms with E-state index in [2.05, 4.69) is 0 Å². The van der Waals surface area contributed by atoms with Crippen LogP contribution in [0.1, 0.15) is 19.3 Å². The first-order chi connectivity index (χ1) is 13.2. The van der Waals surface area contributed by atoms with Gasteiger partial charge in [0, 0.05) is 31.1 Å². The molecule has 2 aliphatic rings. The molecule has 2 aliphatic heterocycles. The topological polar surface area (TPSA) is 59.1 Å². The lowest BCUT2D eigenvalue weighted by Gasteiger charge is -2.39. The molecule has 2 aromatic carbocycles.